The SMILES string of the molecule is CC1(C)CC(=O)C2=C(C1)O[C@@]1(C(=O)O)CCCCC[C@@H]21. The third kappa shape index (κ3) is 1.88. The van der Waals surface area contributed by atoms with Crippen LogP contribution in [0.4, 0.5) is 0 Å². The smallest absolute Gasteiger partial charge is 0.348 e. The van der Waals surface area contributed by atoms with Crippen molar-refractivity contribution in [3.63, 3.8) is 0 Å². The Bertz CT molecular complexity index is 503. The fourth-order valence-electron chi connectivity index (χ4n) is 4.10. The van der Waals surface area contributed by atoms with E-state index < -0.39 is 11.6 Å². The molecule has 1 aliphatic heterocycles. The predicted molar refractivity (Wildman–Crippen MR) is 73.1 cm³/mol. The largest absolute Gasteiger partial charge is 0.479 e. The predicted octanol–water partition coefficient (Wildman–Crippen LogP) is 3.06. The maximum absolute atomic E-state index is 12.5. The van der Waals surface area contributed by atoms with Crippen LogP contribution >= 0.6 is 0 Å². The molecule has 1 saturated carbocycles. The molecule has 0 aromatic rings. The van der Waals surface area contributed by atoms with Crippen LogP contribution in [0.1, 0.15) is 58.8 Å². The minimum atomic E-state index is -1.17. The zero-order chi connectivity index (χ0) is 14.5. The molecule has 0 aromatic carbocycles. The number of carbonyl (C=O) groups excluding carboxylic acids is 1. The van der Waals surface area contributed by atoms with E-state index in [9.17, 15) is 14.7 Å². The molecular formula is C16H22O4. The van der Waals surface area contributed by atoms with Gasteiger partial charge in [0.2, 0.25) is 5.60 Å². The standard InChI is InChI=1S/C16H22O4/c1-15(2)8-11(17)13-10-6-4-3-5-7-16(10,14(18)19)20-12(13)9-15/h10H,3-9H2,1-2H3,(H,18,19)/t10-,16-/m0/s1. The van der Waals surface area contributed by atoms with Gasteiger partial charge in [-0.05, 0) is 24.7 Å². The molecule has 0 bridgehead atoms. The number of allylic oxidation sites excluding steroid dienone is 1. The van der Waals surface area contributed by atoms with Gasteiger partial charge in [-0.25, -0.2) is 4.79 Å². The molecule has 1 fully saturated rings. The number of carbonyl (C=O) groups is 2. The molecule has 3 aliphatic rings. The number of carboxylic acid groups (broad SMARTS) is 1. The summed E-state index contributed by atoms with van der Waals surface area (Å²) in [6.07, 6.45) is 5.33. The van der Waals surface area contributed by atoms with Crippen LogP contribution in [0.5, 0.6) is 0 Å². The lowest BCUT2D eigenvalue weighted by atomic mass is 9.71. The maximum Gasteiger partial charge on any atom is 0.348 e. The molecule has 0 unspecified atom stereocenters. The van der Waals surface area contributed by atoms with Gasteiger partial charge in [0, 0.05) is 24.3 Å². The van der Waals surface area contributed by atoms with Gasteiger partial charge in [-0.2, -0.15) is 0 Å². The van der Waals surface area contributed by atoms with Crippen molar-refractivity contribution in [2.24, 2.45) is 11.3 Å². The van der Waals surface area contributed by atoms with Crippen molar-refractivity contribution in [3.05, 3.63) is 11.3 Å². The number of hydrogen-bond acceptors (Lipinski definition) is 3. The van der Waals surface area contributed by atoms with Gasteiger partial charge in [-0.1, -0.05) is 26.7 Å². The lowest BCUT2D eigenvalue weighted by molar-refractivity contribution is -0.163. The lowest BCUT2D eigenvalue weighted by Gasteiger charge is -2.30. The van der Waals surface area contributed by atoms with Gasteiger partial charge >= 0.3 is 5.97 Å². The summed E-state index contributed by atoms with van der Waals surface area (Å²) in [5.74, 6) is -0.364. The first-order valence-electron chi connectivity index (χ1n) is 7.54. The molecule has 1 heterocycles. The molecule has 4 heteroatoms. The Labute approximate surface area is 119 Å². The zero-order valence-electron chi connectivity index (χ0n) is 12.2. The molecule has 0 saturated heterocycles. The number of ether oxygens (including phenoxy) is 1. The molecule has 2 aliphatic carbocycles. The summed E-state index contributed by atoms with van der Waals surface area (Å²) in [5, 5.41) is 9.72. The summed E-state index contributed by atoms with van der Waals surface area (Å²) in [5.41, 5.74) is -0.593. The van der Waals surface area contributed by atoms with Crippen LogP contribution in [-0.2, 0) is 14.3 Å². The van der Waals surface area contributed by atoms with Crippen molar-refractivity contribution in [3.8, 4) is 0 Å². The Morgan fingerprint density at radius 1 is 1.25 bits per heavy atom. The van der Waals surface area contributed by atoms with E-state index in [2.05, 4.69) is 0 Å². The molecule has 2 atom stereocenters. The van der Waals surface area contributed by atoms with Gasteiger partial charge in [0.1, 0.15) is 5.76 Å². The number of ketones is 1. The highest BCUT2D eigenvalue weighted by Crippen LogP contribution is 2.53. The summed E-state index contributed by atoms with van der Waals surface area (Å²) in [6.45, 7) is 4.08. The molecule has 20 heavy (non-hydrogen) atoms. The summed E-state index contributed by atoms with van der Waals surface area (Å²) in [6, 6.07) is 0. The number of aliphatic carboxylic acids is 1. The van der Waals surface area contributed by atoms with Crippen molar-refractivity contribution in [1.29, 1.82) is 0 Å². The van der Waals surface area contributed by atoms with E-state index in [1.165, 1.54) is 0 Å². The molecule has 1 N–H and O–H groups in total. The highest BCUT2D eigenvalue weighted by molar-refractivity contribution is 6.00. The monoisotopic (exact) mass is 278 g/mol. The van der Waals surface area contributed by atoms with E-state index in [1.54, 1.807) is 0 Å². The Kier molecular flexibility index (Phi) is 2.96. The molecule has 4 nitrogen and oxygen atoms in total. The molecule has 3 rings (SSSR count). The lowest BCUT2D eigenvalue weighted by Crippen LogP contribution is -2.45. The van der Waals surface area contributed by atoms with Gasteiger partial charge in [0.05, 0.1) is 0 Å². The van der Waals surface area contributed by atoms with Gasteiger partial charge < -0.3 is 9.84 Å². The number of hydrogen-bond donors (Lipinski definition) is 1. The minimum Gasteiger partial charge on any atom is -0.479 e. The van der Waals surface area contributed by atoms with Crippen LogP contribution < -0.4 is 0 Å². The van der Waals surface area contributed by atoms with Gasteiger partial charge in [-0.15, -0.1) is 0 Å². The molecule has 0 spiro atoms. The van der Waals surface area contributed by atoms with E-state index in [1.807, 2.05) is 13.8 Å². The Morgan fingerprint density at radius 3 is 2.70 bits per heavy atom. The zero-order valence-corrected chi connectivity index (χ0v) is 12.2. The number of carboxylic acids is 1. The third-order valence-corrected chi connectivity index (χ3v) is 5.00. The first-order chi connectivity index (χ1) is 9.36. The van der Waals surface area contributed by atoms with Crippen LogP contribution in [0.15, 0.2) is 11.3 Å². The van der Waals surface area contributed by atoms with E-state index in [0.29, 0.717) is 30.6 Å². The third-order valence-electron chi connectivity index (χ3n) is 5.00. The van der Waals surface area contributed by atoms with Crippen molar-refractivity contribution in [2.75, 3.05) is 0 Å². The van der Waals surface area contributed by atoms with E-state index in [0.717, 1.165) is 25.7 Å². The quantitative estimate of drug-likeness (QED) is 0.800. The van der Waals surface area contributed by atoms with Crippen molar-refractivity contribution < 1.29 is 19.4 Å². The van der Waals surface area contributed by atoms with Crippen LogP contribution in [0.2, 0.25) is 0 Å². The van der Waals surface area contributed by atoms with Crippen molar-refractivity contribution >= 4 is 11.8 Å². The number of Topliss-reactive ketones (excluding diaryl/α,β-unsaturated/α-hetero) is 1. The van der Waals surface area contributed by atoms with Crippen LogP contribution in [0, 0.1) is 11.3 Å². The molecule has 0 radical (unpaired) electrons. The topological polar surface area (TPSA) is 63.6 Å². The average Bonchev–Trinajstić information content (AvgIpc) is 2.49. The first kappa shape index (κ1) is 13.7. The van der Waals surface area contributed by atoms with E-state index in [-0.39, 0.29) is 17.1 Å². The van der Waals surface area contributed by atoms with Crippen LogP contribution in [0.25, 0.3) is 0 Å². The van der Waals surface area contributed by atoms with Gasteiger partial charge in [-0.3, -0.25) is 4.79 Å². The Morgan fingerprint density at radius 2 is 2.00 bits per heavy atom. The number of fused-ring (bicyclic) bond motifs is 2. The van der Waals surface area contributed by atoms with Crippen molar-refractivity contribution in [2.45, 2.75) is 64.4 Å². The second-order valence-corrected chi connectivity index (χ2v) is 7.23. The molecule has 0 amide bonds. The van der Waals surface area contributed by atoms with E-state index in [4.69, 9.17) is 4.74 Å². The van der Waals surface area contributed by atoms with Crippen LogP contribution in [-0.4, -0.2) is 22.5 Å². The summed E-state index contributed by atoms with van der Waals surface area (Å²) in [4.78, 5) is 24.4. The molecule has 0 aromatic heterocycles. The fourth-order valence-corrected chi connectivity index (χ4v) is 4.10. The highest BCUT2D eigenvalue weighted by atomic mass is 16.5. The molecule has 110 valence electrons. The van der Waals surface area contributed by atoms with Gasteiger partial charge in [0.15, 0.2) is 5.78 Å². The first-order valence-corrected chi connectivity index (χ1v) is 7.54. The Balaban J connectivity index is 2.04. The van der Waals surface area contributed by atoms with Gasteiger partial charge in [0.25, 0.3) is 0 Å². The summed E-state index contributed by atoms with van der Waals surface area (Å²) >= 11 is 0. The fraction of sp³-hybridized carbons (Fsp3) is 0.750. The minimum absolute atomic E-state index is 0.103. The normalized spacial score (nSPS) is 35.9. The Hall–Kier alpha value is -1.32. The second kappa shape index (κ2) is 4.34. The molecular weight excluding hydrogens is 256 g/mol. The van der Waals surface area contributed by atoms with Crippen molar-refractivity contribution in [1.82, 2.24) is 0 Å². The second-order valence-electron chi connectivity index (χ2n) is 7.23. The van der Waals surface area contributed by atoms with E-state index >= 15 is 0 Å². The average molecular weight is 278 g/mol. The summed E-state index contributed by atoms with van der Waals surface area (Å²) in [7, 11) is 0. The maximum atomic E-state index is 12.5. The van der Waals surface area contributed by atoms with Crippen LogP contribution in [0.3, 0.4) is 0 Å². The number of rotatable bonds is 1. The highest BCUT2D eigenvalue weighted by Gasteiger charge is 2.58. The summed E-state index contributed by atoms with van der Waals surface area (Å²) < 4.78 is 5.96.